The molecule has 0 aromatic carbocycles. The summed E-state index contributed by atoms with van der Waals surface area (Å²) >= 11 is 0. The minimum absolute atomic E-state index is 0. The fraction of sp³-hybridized carbons (Fsp3) is 0.667. The minimum Gasteiger partial charge on any atom is -0.495 e. The summed E-state index contributed by atoms with van der Waals surface area (Å²) in [6, 6.07) is 0. The molecular formula is C15H28O7. The summed E-state index contributed by atoms with van der Waals surface area (Å²) in [6.45, 7) is 11.7. The Hall–Kier alpha value is -2.05. The standard InChI is InChI=1S/C7H12O4.C7H12O3.CH4/c1-5(11-7(3)9)4-10-6(2)8;1-6(2)9-4-5-10-7(3)8;/h5H,4H2,1-3H3;1,4-5H2,2-3H3;1H4. The molecule has 1 atom stereocenters. The number of hydrogen-bond acceptors (Lipinski definition) is 7. The molecular weight excluding hydrogens is 292 g/mol. The molecule has 0 N–H and O–H groups in total. The van der Waals surface area contributed by atoms with Gasteiger partial charge in [-0.15, -0.1) is 0 Å². The Balaban J connectivity index is -0.000000315. The lowest BCUT2D eigenvalue weighted by molar-refractivity contribution is -0.155. The predicted molar refractivity (Wildman–Crippen MR) is 82.0 cm³/mol. The quantitative estimate of drug-likeness (QED) is 0.307. The van der Waals surface area contributed by atoms with Gasteiger partial charge in [-0.3, -0.25) is 14.4 Å². The molecule has 0 saturated heterocycles. The maximum absolute atomic E-state index is 10.3. The summed E-state index contributed by atoms with van der Waals surface area (Å²) < 4.78 is 18.8. The Kier molecular flexibility index (Phi) is 17.4. The Morgan fingerprint density at radius 1 is 0.864 bits per heavy atom. The summed E-state index contributed by atoms with van der Waals surface area (Å²) in [5, 5.41) is 0. The summed E-state index contributed by atoms with van der Waals surface area (Å²) in [7, 11) is 0. The van der Waals surface area contributed by atoms with Gasteiger partial charge in [0.05, 0.1) is 5.76 Å². The van der Waals surface area contributed by atoms with Gasteiger partial charge < -0.3 is 18.9 Å². The molecule has 0 saturated carbocycles. The Bertz CT molecular complexity index is 334. The second-order valence-electron chi connectivity index (χ2n) is 4.11. The van der Waals surface area contributed by atoms with Crippen LogP contribution in [-0.4, -0.2) is 43.8 Å². The molecule has 0 amide bonds. The van der Waals surface area contributed by atoms with Gasteiger partial charge in [-0.25, -0.2) is 0 Å². The zero-order valence-corrected chi connectivity index (χ0v) is 13.3. The number of allylic oxidation sites excluding steroid dienone is 1. The lowest BCUT2D eigenvalue weighted by atomic mass is 10.4. The number of hydrogen-bond donors (Lipinski definition) is 0. The Labute approximate surface area is 132 Å². The average Bonchev–Trinajstić information content (AvgIpc) is 2.32. The van der Waals surface area contributed by atoms with E-state index in [0.717, 1.165) is 0 Å². The van der Waals surface area contributed by atoms with E-state index in [1.807, 2.05) is 0 Å². The first-order valence-electron chi connectivity index (χ1n) is 6.37. The molecule has 0 aromatic heterocycles. The molecule has 0 aliphatic rings. The van der Waals surface area contributed by atoms with Crippen molar-refractivity contribution in [1.82, 2.24) is 0 Å². The van der Waals surface area contributed by atoms with Gasteiger partial charge in [0.1, 0.15) is 25.9 Å². The zero-order chi connectivity index (χ0) is 16.8. The van der Waals surface area contributed by atoms with E-state index in [1.165, 1.54) is 20.8 Å². The zero-order valence-electron chi connectivity index (χ0n) is 13.3. The summed E-state index contributed by atoms with van der Waals surface area (Å²) in [5.74, 6) is -0.397. The van der Waals surface area contributed by atoms with Crippen LogP contribution in [0.4, 0.5) is 0 Å². The van der Waals surface area contributed by atoms with Crippen LogP contribution in [-0.2, 0) is 33.3 Å². The van der Waals surface area contributed by atoms with Gasteiger partial charge in [0, 0.05) is 20.8 Å². The van der Waals surface area contributed by atoms with Crippen LogP contribution in [0, 0.1) is 0 Å². The molecule has 0 spiro atoms. The molecule has 7 heteroatoms. The molecule has 0 aromatic rings. The number of esters is 3. The van der Waals surface area contributed by atoms with Gasteiger partial charge >= 0.3 is 17.9 Å². The van der Waals surface area contributed by atoms with Crippen molar-refractivity contribution in [2.75, 3.05) is 19.8 Å². The van der Waals surface area contributed by atoms with Crippen molar-refractivity contribution in [3.63, 3.8) is 0 Å². The fourth-order valence-corrected chi connectivity index (χ4v) is 0.953. The third-order valence-corrected chi connectivity index (χ3v) is 1.63. The van der Waals surface area contributed by atoms with E-state index in [4.69, 9.17) is 4.74 Å². The van der Waals surface area contributed by atoms with Crippen molar-refractivity contribution in [1.29, 1.82) is 0 Å². The van der Waals surface area contributed by atoms with E-state index < -0.39 is 0 Å². The number of rotatable bonds is 7. The molecule has 130 valence electrons. The summed E-state index contributed by atoms with van der Waals surface area (Å²) in [5.41, 5.74) is 0. The van der Waals surface area contributed by atoms with Crippen LogP contribution in [0.2, 0.25) is 0 Å². The average molecular weight is 320 g/mol. The lowest BCUT2D eigenvalue weighted by Gasteiger charge is -2.10. The van der Waals surface area contributed by atoms with E-state index >= 15 is 0 Å². The summed E-state index contributed by atoms with van der Waals surface area (Å²) in [4.78, 5) is 30.8. The van der Waals surface area contributed by atoms with Crippen LogP contribution < -0.4 is 0 Å². The first-order valence-corrected chi connectivity index (χ1v) is 6.37. The highest BCUT2D eigenvalue weighted by molar-refractivity contribution is 5.67. The lowest BCUT2D eigenvalue weighted by Crippen LogP contribution is -2.19. The van der Waals surface area contributed by atoms with Gasteiger partial charge in [0.15, 0.2) is 0 Å². The first-order chi connectivity index (χ1) is 9.65. The van der Waals surface area contributed by atoms with Crippen LogP contribution >= 0.6 is 0 Å². The molecule has 1 unspecified atom stereocenters. The minimum atomic E-state index is -0.371. The van der Waals surface area contributed by atoms with Crippen LogP contribution in [0.15, 0.2) is 12.3 Å². The fourth-order valence-electron chi connectivity index (χ4n) is 0.953. The second-order valence-corrected chi connectivity index (χ2v) is 4.11. The molecule has 7 nitrogen and oxygen atoms in total. The highest BCUT2D eigenvalue weighted by atomic mass is 16.6. The normalized spacial score (nSPS) is 9.86. The largest absolute Gasteiger partial charge is 0.495 e. The first kappa shape index (κ1) is 24.9. The van der Waals surface area contributed by atoms with Crippen molar-refractivity contribution < 1.29 is 33.3 Å². The van der Waals surface area contributed by atoms with E-state index in [2.05, 4.69) is 20.8 Å². The third-order valence-electron chi connectivity index (χ3n) is 1.63. The van der Waals surface area contributed by atoms with Gasteiger partial charge in [-0.2, -0.15) is 0 Å². The molecule has 0 fully saturated rings. The highest BCUT2D eigenvalue weighted by Gasteiger charge is 2.06. The van der Waals surface area contributed by atoms with Crippen LogP contribution in [0.1, 0.15) is 42.0 Å². The SMILES string of the molecule is C.C=C(C)OCCOC(C)=O.CC(=O)OCC(C)OC(C)=O. The van der Waals surface area contributed by atoms with Crippen LogP contribution in [0.3, 0.4) is 0 Å². The maximum atomic E-state index is 10.3. The number of carbonyl (C=O) groups excluding carboxylic acids is 3. The third kappa shape index (κ3) is 26.5. The Morgan fingerprint density at radius 3 is 1.68 bits per heavy atom. The van der Waals surface area contributed by atoms with E-state index in [0.29, 0.717) is 19.0 Å². The summed E-state index contributed by atoms with van der Waals surface area (Å²) in [6.07, 6.45) is -0.364. The number of carbonyl (C=O) groups is 3. The molecule has 0 bridgehead atoms. The Morgan fingerprint density at radius 2 is 1.32 bits per heavy atom. The smallest absolute Gasteiger partial charge is 0.303 e. The molecule has 0 heterocycles. The van der Waals surface area contributed by atoms with Crippen molar-refractivity contribution in [3.8, 4) is 0 Å². The van der Waals surface area contributed by atoms with E-state index in [9.17, 15) is 14.4 Å². The van der Waals surface area contributed by atoms with E-state index in [1.54, 1.807) is 13.8 Å². The number of ether oxygens (including phenoxy) is 4. The molecule has 0 aliphatic carbocycles. The van der Waals surface area contributed by atoms with Gasteiger partial charge in [0.25, 0.3) is 0 Å². The van der Waals surface area contributed by atoms with Crippen molar-refractivity contribution in [2.45, 2.75) is 48.1 Å². The molecule has 0 aliphatic heterocycles. The monoisotopic (exact) mass is 320 g/mol. The van der Waals surface area contributed by atoms with Crippen molar-refractivity contribution >= 4 is 17.9 Å². The molecule has 22 heavy (non-hydrogen) atoms. The van der Waals surface area contributed by atoms with Crippen molar-refractivity contribution in [2.24, 2.45) is 0 Å². The molecule has 0 rings (SSSR count). The topological polar surface area (TPSA) is 88.1 Å². The molecule has 0 radical (unpaired) electrons. The predicted octanol–water partition coefficient (Wildman–Crippen LogP) is 2.24. The van der Waals surface area contributed by atoms with Crippen LogP contribution in [0.5, 0.6) is 0 Å². The van der Waals surface area contributed by atoms with Crippen LogP contribution in [0.25, 0.3) is 0 Å². The van der Waals surface area contributed by atoms with Gasteiger partial charge in [-0.05, 0) is 13.8 Å². The van der Waals surface area contributed by atoms with E-state index in [-0.39, 0.29) is 38.0 Å². The highest BCUT2D eigenvalue weighted by Crippen LogP contribution is 1.92. The second kappa shape index (κ2) is 15.3. The maximum Gasteiger partial charge on any atom is 0.303 e. The van der Waals surface area contributed by atoms with Gasteiger partial charge in [-0.1, -0.05) is 14.0 Å². The van der Waals surface area contributed by atoms with Crippen molar-refractivity contribution in [3.05, 3.63) is 12.3 Å². The van der Waals surface area contributed by atoms with Gasteiger partial charge in [0.2, 0.25) is 0 Å².